The Bertz CT molecular complexity index is 862. The summed E-state index contributed by atoms with van der Waals surface area (Å²) in [5, 5.41) is 10.5. The van der Waals surface area contributed by atoms with Crippen LogP contribution in [0, 0.1) is 5.92 Å². The molecule has 0 bridgehead atoms. The van der Waals surface area contributed by atoms with Gasteiger partial charge in [-0.05, 0) is 25.0 Å². The normalized spacial score (nSPS) is 22.3. The van der Waals surface area contributed by atoms with Crippen LogP contribution in [0.2, 0.25) is 0 Å². The third-order valence-corrected chi connectivity index (χ3v) is 6.04. The van der Waals surface area contributed by atoms with Crippen LogP contribution in [0.4, 0.5) is 0 Å². The van der Waals surface area contributed by atoms with Crippen molar-refractivity contribution in [2.45, 2.75) is 24.8 Å². The Balaban J connectivity index is 1.53. The van der Waals surface area contributed by atoms with Crippen molar-refractivity contribution in [1.29, 1.82) is 0 Å². The first-order valence-electron chi connectivity index (χ1n) is 8.79. The molecule has 2 aliphatic rings. The van der Waals surface area contributed by atoms with E-state index in [2.05, 4.69) is 4.98 Å². The fraction of sp³-hybridized carbons (Fsp3) is 0.421. The molecule has 2 aromatic rings. The van der Waals surface area contributed by atoms with Crippen LogP contribution in [0.3, 0.4) is 0 Å². The van der Waals surface area contributed by atoms with Crippen LogP contribution in [-0.2, 0) is 9.59 Å². The maximum Gasteiger partial charge on any atom is 0.309 e. The van der Waals surface area contributed by atoms with E-state index in [1.54, 1.807) is 16.8 Å². The van der Waals surface area contributed by atoms with Crippen molar-refractivity contribution < 1.29 is 19.5 Å². The molecule has 2 fully saturated rings. The van der Waals surface area contributed by atoms with Crippen LogP contribution in [0.5, 0.6) is 0 Å². The van der Waals surface area contributed by atoms with E-state index in [4.69, 9.17) is 0 Å². The second-order valence-electron chi connectivity index (χ2n) is 7.21. The standard InChI is InChI=1S/C19H21N3O4/c1-21-16(23)11-13(18(25)26)19(21)6-8-22(9-7-19)17(24)15-10-12-4-2-3-5-14(12)20-15/h2-5,10,13,20H,6-9,11H2,1H3,(H,25,26). The molecule has 1 aromatic carbocycles. The number of hydrogen-bond donors (Lipinski definition) is 2. The first-order valence-corrected chi connectivity index (χ1v) is 8.79. The minimum Gasteiger partial charge on any atom is -0.481 e. The van der Waals surface area contributed by atoms with E-state index in [0.717, 1.165) is 10.9 Å². The first kappa shape index (κ1) is 16.6. The van der Waals surface area contributed by atoms with Crippen LogP contribution in [0.1, 0.15) is 29.8 Å². The average Bonchev–Trinajstić information content (AvgIpc) is 3.17. The number of carboxylic acid groups (broad SMARTS) is 1. The molecule has 1 atom stereocenters. The van der Waals surface area contributed by atoms with Gasteiger partial charge in [0.05, 0.1) is 11.5 Å². The van der Waals surface area contributed by atoms with Crippen LogP contribution in [-0.4, -0.2) is 63.4 Å². The quantitative estimate of drug-likeness (QED) is 0.857. The molecular formula is C19H21N3O4. The zero-order chi connectivity index (χ0) is 18.5. The third kappa shape index (κ3) is 2.38. The van der Waals surface area contributed by atoms with E-state index in [0.29, 0.717) is 31.6 Å². The molecule has 1 aromatic heterocycles. The van der Waals surface area contributed by atoms with Crippen molar-refractivity contribution in [3.8, 4) is 0 Å². The Morgan fingerprint density at radius 1 is 1.23 bits per heavy atom. The van der Waals surface area contributed by atoms with Gasteiger partial charge in [-0.2, -0.15) is 0 Å². The number of fused-ring (bicyclic) bond motifs is 1. The average molecular weight is 355 g/mol. The number of rotatable bonds is 2. The van der Waals surface area contributed by atoms with Crippen LogP contribution in [0.15, 0.2) is 30.3 Å². The number of amides is 2. The number of aliphatic carboxylic acids is 1. The topological polar surface area (TPSA) is 93.7 Å². The molecule has 0 radical (unpaired) electrons. The molecule has 3 heterocycles. The Labute approximate surface area is 150 Å². The zero-order valence-electron chi connectivity index (χ0n) is 14.6. The molecule has 1 unspecified atom stereocenters. The highest BCUT2D eigenvalue weighted by Gasteiger charge is 2.55. The van der Waals surface area contributed by atoms with Gasteiger partial charge in [-0.25, -0.2) is 0 Å². The second-order valence-corrected chi connectivity index (χ2v) is 7.21. The number of carbonyl (C=O) groups is 3. The number of piperidine rings is 1. The summed E-state index contributed by atoms with van der Waals surface area (Å²) in [4.78, 5) is 43.0. The largest absolute Gasteiger partial charge is 0.481 e. The van der Waals surface area contributed by atoms with Crippen LogP contribution < -0.4 is 0 Å². The number of nitrogens with zero attached hydrogens (tertiary/aromatic N) is 2. The fourth-order valence-electron chi connectivity index (χ4n) is 4.44. The predicted octanol–water partition coefficient (Wildman–Crippen LogP) is 1.71. The maximum absolute atomic E-state index is 12.8. The lowest BCUT2D eigenvalue weighted by Gasteiger charge is -2.45. The molecular weight excluding hydrogens is 334 g/mol. The molecule has 26 heavy (non-hydrogen) atoms. The summed E-state index contributed by atoms with van der Waals surface area (Å²) in [7, 11) is 1.68. The lowest BCUT2D eigenvalue weighted by atomic mass is 9.77. The predicted molar refractivity (Wildman–Crippen MR) is 94.7 cm³/mol. The Morgan fingerprint density at radius 2 is 1.92 bits per heavy atom. The maximum atomic E-state index is 12.8. The van der Waals surface area contributed by atoms with Gasteiger partial charge in [0, 0.05) is 37.5 Å². The van der Waals surface area contributed by atoms with Crippen molar-refractivity contribution in [3.63, 3.8) is 0 Å². The number of likely N-dealkylation sites (tertiary alicyclic amines) is 2. The van der Waals surface area contributed by atoms with Gasteiger partial charge in [0.25, 0.3) is 5.91 Å². The van der Waals surface area contributed by atoms with Gasteiger partial charge >= 0.3 is 5.97 Å². The molecule has 4 rings (SSSR count). The highest BCUT2D eigenvalue weighted by Crippen LogP contribution is 2.43. The molecule has 0 saturated carbocycles. The van der Waals surface area contributed by atoms with E-state index >= 15 is 0 Å². The van der Waals surface area contributed by atoms with Crippen molar-refractivity contribution in [1.82, 2.24) is 14.8 Å². The number of aromatic amines is 1. The molecule has 2 amide bonds. The number of para-hydroxylation sites is 1. The first-order chi connectivity index (χ1) is 12.4. The Hall–Kier alpha value is -2.83. The van der Waals surface area contributed by atoms with E-state index in [-0.39, 0.29) is 18.2 Å². The van der Waals surface area contributed by atoms with Crippen molar-refractivity contribution in [2.75, 3.05) is 20.1 Å². The molecule has 2 saturated heterocycles. The van der Waals surface area contributed by atoms with E-state index in [1.165, 1.54) is 0 Å². The number of benzene rings is 1. The van der Waals surface area contributed by atoms with Crippen LogP contribution in [0.25, 0.3) is 10.9 Å². The summed E-state index contributed by atoms with van der Waals surface area (Å²) >= 11 is 0. The molecule has 7 nitrogen and oxygen atoms in total. The van der Waals surface area contributed by atoms with Gasteiger partial charge in [0.1, 0.15) is 5.69 Å². The summed E-state index contributed by atoms with van der Waals surface area (Å²) in [5.41, 5.74) is 0.768. The number of nitrogens with one attached hydrogen (secondary N) is 1. The SMILES string of the molecule is CN1C(=O)CC(C(=O)O)C12CCN(C(=O)c1cc3ccccc3[nH]1)CC2. The number of aromatic nitrogens is 1. The summed E-state index contributed by atoms with van der Waals surface area (Å²) in [6.07, 6.45) is 1.01. The van der Waals surface area contributed by atoms with Gasteiger partial charge in [0.15, 0.2) is 0 Å². The van der Waals surface area contributed by atoms with E-state index in [9.17, 15) is 19.5 Å². The highest BCUT2D eigenvalue weighted by atomic mass is 16.4. The molecule has 0 aliphatic carbocycles. The van der Waals surface area contributed by atoms with Crippen molar-refractivity contribution in [3.05, 3.63) is 36.0 Å². The summed E-state index contributed by atoms with van der Waals surface area (Å²) in [6, 6.07) is 9.55. The monoisotopic (exact) mass is 355 g/mol. The Kier molecular flexibility index (Phi) is 3.75. The number of carboxylic acids is 1. The summed E-state index contributed by atoms with van der Waals surface area (Å²) in [6.45, 7) is 0.880. The van der Waals surface area contributed by atoms with Crippen LogP contribution >= 0.6 is 0 Å². The van der Waals surface area contributed by atoms with Crippen molar-refractivity contribution in [2.24, 2.45) is 5.92 Å². The Morgan fingerprint density at radius 3 is 2.58 bits per heavy atom. The number of H-pyrrole nitrogens is 1. The number of carbonyl (C=O) groups excluding carboxylic acids is 2. The zero-order valence-corrected chi connectivity index (χ0v) is 14.6. The van der Waals surface area contributed by atoms with Crippen molar-refractivity contribution >= 4 is 28.7 Å². The smallest absolute Gasteiger partial charge is 0.309 e. The van der Waals surface area contributed by atoms with E-state index in [1.807, 2.05) is 30.3 Å². The van der Waals surface area contributed by atoms with Gasteiger partial charge < -0.3 is 19.9 Å². The molecule has 136 valence electrons. The molecule has 2 N–H and O–H groups in total. The lowest BCUT2D eigenvalue weighted by Crippen LogP contribution is -2.57. The number of hydrogen-bond acceptors (Lipinski definition) is 3. The highest BCUT2D eigenvalue weighted by molar-refractivity contribution is 5.98. The van der Waals surface area contributed by atoms with Gasteiger partial charge in [0.2, 0.25) is 5.91 Å². The third-order valence-electron chi connectivity index (χ3n) is 6.04. The molecule has 1 spiro atoms. The fourth-order valence-corrected chi connectivity index (χ4v) is 4.44. The minimum absolute atomic E-state index is 0.0434. The molecule has 2 aliphatic heterocycles. The second kappa shape index (κ2) is 5.86. The molecule has 7 heteroatoms. The lowest BCUT2D eigenvalue weighted by molar-refractivity contribution is -0.145. The van der Waals surface area contributed by atoms with Gasteiger partial charge in [-0.1, -0.05) is 18.2 Å². The van der Waals surface area contributed by atoms with Gasteiger partial charge in [-0.15, -0.1) is 0 Å². The van der Waals surface area contributed by atoms with Gasteiger partial charge in [-0.3, -0.25) is 14.4 Å². The summed E-state index contributed by atoms with van der Waals surface area (Å²) in [5.74, 6) is -1.86. The summed E-state index contributed by atoms with van der Waals surface area (Å²) < 4.78 is 0. The van der Waals surface area contributed by atoms with E-state index < -0.39 is 17.4 Å². The minimum atomic E-state index is -0.932.